The molecule has 17 heavy (non-hydrogen) atoms. The summed E-state index contributed by atoms with van der Waals surface area (Å²) in [6.45, 7) is 1.79. The molecule has 1 heterocycles. The van der Waals surface area contributed by atoms with Crippen LogP contribution in [0.25, 0.3) is 0 Å². The normalized spacial score (nSPS) is 20.2. The SMILES string of the molecule is Fc1ccc(NCCC2CCCCN2)c(F)c1. The van der Waals surface area contributed by atoms with E-state index in [4.69, 9.17) is 0 Å². The standard InChI is InChI=1S/C13H18F2N2/c14-10-4-5-13(12(15)9-10)17-8-6-11-3-1-2-7-16-11/h4-5,9,11,16-17H,1-3,6-8H2. The van der Waals surface area contributed by atoms with Crippen LogP contribution >= 0.6 is 0 Å². The van der Waals surface area contributed by atoms with Crippen LogP contribution in [0.1, 0.15) is 25.7 Å². The average Bonchev–Trinajstić information content (AvgIpc) is 2.33. The molecule has 1 aliphatic heterocycles. The van der Waals surface area contributed by atoms with E-state index in [-0.39, 0.29) is 0 Å². The van der Waals surface area contributed by atoms with E-state index in [1.807, 2.05) is 0 Å². The van der Waals surface area contributed by atoms with Crippen LogP contribution in [-0.2, 0) is 0 Å². The van der Waals surface area contributed by atoms with E-state index in [1.54, 1.807) is 0 Å². The predicted octanol–water partition coefficient (Wildman–Crippen LogP) is 2.91. The van der Waals surface area contributed by atoms with Gasteiger partial charge in [0.25, 0.3) is 0 Å². The first kappa shape index (κ1) is 12.3. The molecular weight excluding hydrogens is 222 g/mol. The molecule has 0 amide bonds. The third-order valence-corrected chi connectivity index (χ3v) is 3.15. The molecule has 2 rings (SSSR count). The van der Waals surface area contributed by atoms with Crippen molar-refractivity contribution >= 4 is 5.69 Å². The first-order valence-corrected chi connectivity index (χ1v) is 6.18. The summed E-state index contributed by atoms with van der Waals surface area (Å²) in [6, 6.07) is 4.14. The van der Waals surface area contributed by atoms with Crippen LogP contribution in [0.3, 0.4) is 0 Å². The molecular formula is C13H18F2N2. The summed E-state index contributed by atoms with van der Waals surface area (Å²) in [5.74, 6) is -1.07. The van der Waals surface area contributed by atoms with Crippen LogP contribution in [0, 0.1) is 11.6 Å². The van der Waals surface area contributed by atoms with Gasteiger partial charge in [0, 0.05) is 18.7 Å². The van der Waals surface area contributed by atoms with E-state index in [1.165, 1.54) is 31.4 Å². The van der Waals surface area contributed by atoms with Crippen LogP contribution in [-0.4, -0.2) is 19.1 Å². The minimum Gasteiger partial charge on any atom is -0.383 e. The molecule has 0 aromatic heterocycles. The molecule has 1 saturated heterocycles. The molecule has 2 N–H and O–H groups in total. The fourth-order valence-electron chi connectivity index (χ4n) is 2.18. The smallest absolute Gasteiger partial charge is 0.149 e. The maximum absolute atomic E-state index is 13.3. The molecule has 1 aromatic carbocycles. The van der Waals surface area contributed by atoms with Crippen molar-refractivity contribution in [3.05, 3.63) is 29.8 Å². The van der Waals surface area contributed by atoms with Crippen molar-refractivity contribution < 1.29 is 8.78 Å². The van der Waals surface area contributed by atoms with Gasteiger partial charge in [0.05, 0.1) is 5.69 Å². The Morgan fingerprint density at radius 1 is 1.29 bits per heavy atom. The van der Waals surface area contributed by atoms with Gasteiger partial charge in [-0.05, 0) is 37.9 Å². The van der Waals surface area contributed by atoms with Gasteiger partial charge in [-0.25, -0.2) is 8.78 Å². The molecule has 0 aliphatic carbocycles. The third kappa shape index (κ3) is 3.66. The Hall–Kier alpha value is -1.16. The van der Waals surface area contributed by atoms with Crippen molar-refractivity contribution in [2.24, 2.45) is 0 Å². The quantitative estimate of drug-likeness (QED) is 0.845. The van der Waals surface area contributed by atoms with Crippen LogP contribution in [0.2, 0.25) is 0 Å². The second kappa shape index (κ2) is 5.96. The summed E-state index contributed by atoms with van der Waals surface area (Å²) in [4.78, 5) is 0. The molecule has 0 radical (unpaired) electrons. The number of hydrogen-bond donors (Lipinski definition) is 2. The Bertz CT molecular complexity index is 362. The van der Waals surface area contributed by atoms with Gasteiger partial charge >= 0.3 is 0 Å². The second-order valence-corrected chi connectivity index (χ2v) is 4.49. The highest BCUT2D eigenvalue weighted by atomic mass is 19.1. The summed E-state index contributed by atoms with van der Waals surface area (Å²) < 4.78 is 26.0. The lowest BCUT2D eigenvalue weighted by Gasteiger charge is -2.23. The largest absolute Gasteiger partial charge is 0.383 e. The summed E-state index contributed by atoms with van der Waals surface area (Å²) in [7, 11) is 0. The van der Waals surface area contributed by atoms with Crippen LogP contribution in [0.15, 0.2) is 18.2 Å². The van der Waals surface area contributed by atoms with Crippen molar-refractivity contribution in [1.82, 2.24) is 5.32 Å². The number of nitrogens with one attached hydrogen (secondary N) is 2. The summed E-state index contributed by atoms with van der Waals surface area (Å²) in [5, 5.41) is 6.44. The lowest BCUT2D eigenvalue weighted by Crippen LogP contribution is -2.35. The van der Waals surface area contributed by atoms with Crippen LogP contribution in [0.4, 0.5) is 14.5 Å². The van der Waals surface area contributed by atoms with Crippen molar-refractivity contribution in [3.63, 3.8) is 0 Å². The van der Waals surface area contributed by atoms with Crippen molar-refractivity contribution in [2.45, 2.75) is 31.7 Å². The monoisotopic (exact) mass is 240 g/mol. The van der Waals surface area contributed by atoms with Gasteiger partial charge in [-0.15, -0.1) is 0 Å². The zero-order chi connectivity index (χ0) is 12.1. The lowest BCUT2D eigenvalue weighted by atomic mass is 10.0. The highest BCUT2D eigenvalue weighted by molar-refractivity contribution is 5.44. The number of piperidine rings is 1. The number of benzene rings is 1. The Morgan fingerprint density at radius 2 is 2.18 bits per heavy atom. The Morgan fingerprint density at radius 3 is 2.88 bits per heavy atom. The second-order valence-electron chi connectivity index (χ2n) is 4.49. The average molecular weight is 240 g/mol. The molecule has 0 spiro atoms. The van der Waals surface area contributed by atoms with Gasteiger partial charge in [-0.3, -0.25) is 0 Å². The van der Waals surface area contributed by atoms with E-state index in [0.29, 0.717) is 18.3 Å². The highest BCUT2D eigenvalue weighted by Gasteiger charge is 2.12. The van der Waals surface area contributed by atoms with Gasteiger partial charge in [-0.1, -0.05) is 6.42 Å². The highest BCUT2D eigenvalue weighted by Crippen LogP contribution is 2.16. The first-order chi connectivity index (χ1) is 8.25. The Kier molecular flexibility index (Phi) is 4.31. The van der Waals surface area contributed by atoms with Crippen LogP contribution in [0.5, 0.6) is 0 Å². The Balaban J connectivity index is 1.77. The van der Waals surface area contributed by atoms with Gasteiger partial charge in [-0.2, -0.15) is 0 Å². The molecule has 0 bridgehead atoms. The molecule has 1 atom stereocenters. The summed E-state index contributed by atoms with van der Waals surface area (Å²) >= 11 is 0. The van der Waals surface area contributed by atoms with E-state index in [0.717, 1.165) is 19.0 Å². The van der Waals surface area contributed by atoms with Gasteiger partial charge in [0.2, 0.25) is 0 Å². The molecule has 1 aromatic rings. The number of rotatable bonds is 4. The van der Waals surface area contributed by atoms with Crippen molar-refractivity contribution in [2.75, 3.05) is 18.4 Å². The van der Waals surface area contributed by atoms with Crippen LogP contribution < -0.4 is 10.6 Å². The van der Waals surface area contributed by atoms with E-state index in [2.05, 4.69) is 10.6 Å². The van der Waals surface area contributed by atoms with E-state index >= 15 is 0 Å². The van der Waals surface area contributed by atoms with E-state index in [9.17, 15) is 8.78 Å². The van der Waals surface area contributed by atoms with Gasteiger partial charge in [0.1, 0.15) is 11.6 Å². The fraction of sp³-hybridized carbons (Fsp3) is 0.538. The summed E-state index contributed by atoms with van der Waals surface area (Å²) in [5.41, 5.74) is 0.377. The zero-order valence-corrected chi connectivity index (χ0v) is 9.81. The topological polar surface area (TPSA) is 24.1 Å². The number of halogens is 2. The van der Waals surface area contributed by atoms with Gasteiger partial charge < -0.3 is 10.6 Å². The summed E-state index contributed by atoms with van der Waals surface area (Å²) in [6.07, 6.45) is 4.67. The molecule has 0 saturated carbocycles. The number of anilines is 1. The molecule has 4 heteroatoms. The Labute approximate surface area is 100 Å². The maximum Gasteiger partial charge on any atom is 0.149 e. The molecule has 1 aliphatic rings. The lowest BCUT2D eigenvalue weighted by molar-refractivity contribution is 0.388. The number of hydrogen-bond acceptors (Lipinski definition) is 2. The molecule has 94 valence electrons. The third-order valence-electron chi connectivity index (χ3n) is 3.15. The van der Waals surface area contributed by atoms with Crippen molar-refractivity contribution in [3.8, 4) is 0 Å². The molecule has 1 unspecified atom stereocenters. The first-order valence-electron chi connectivity index (χ1n) is 6.18. The molecule has 1 fully saturated rings. The van der Waals surface area contributed by atoms with E-state index < -0.39 is 11.6 Å². The minimum absolute atomic E-state index is 0.377. The molecule has 2 nitrogen and oxygen atoms in total. The maximum atomic E-state index is 13.3. The minimum atomic E-state index is -0.540. The zero-order valence-electron chi connectivity index (χ0n) is 9.81. The van der Waals surface area contributed by atoms with Gasteiger partial charge in [0.15, 0.2) is 0 Å². The predicted molar refractivity (Wildman–Crippen MR) is 65.1 cm³/mol. The fourth-order valence-corrected chi connectivity index (χ4v) is 2.18. The van der Waals surface area contributed by atoms with Crippen molar-refractivity contribution in [1.29, 1.82) is 0 Å².